The van der Waals surface area contributed by atoms with E-state index in [2.05, 4.69) is 29.4 Å². The van der Waals surface area contributed by atoms with Crippen LogP contribution in [0, 0.1) is 0 Å². The Morgan fingerprint density at radius 3 is 2.46 bits per heavy atom. The smallest absolute Gasteiger partial charge is 0.260 e. The SMILES string of the molecule is CCOc1ccccc1OCC(=O)N1CCC(c2c[nH]c3ccccc23)CC1. The molecule has 5 nitrogen and oxygen atoms in total. The molecule has 0 aliphatic carbocycles. The monoisotopic (exact) mass is 378 g/mol. The first-order valence-electron chi connectivity index (χ1n) is 9.94. The van der Waals surface area contributed by atoms with Gasteiger partial charge in [0.15, 0.2) is 18.1 Å². The molecule has 3 aromatic rings. The van der Waals surface area contributed by atoms with Gasteiger partial charge in [-0.05, 0) is 49.4 Å². The number of rotatable bonds is 6. The number of nitrogens with zero attached hydrogens (tertiary/aromatic N) is 1. The summed E-state index contributed by atoms with van der Waals surface area (Å²) < 4.78 is 11.3. The summed E-state index contributed by atoms with van der Waals surface area (Å²) in [6, 6.07) is 15.9. The Hall–Kier alpha value is -2.95. The van der Waals surface area contributed by atoms with Crippen LogP contribution < -0.4 is 9.47 Å². The fourth-order valence-electron chi connectivity index (χ4n) is 3.95. The molecule has 1 aromatic heterocycles. The third kappa shape index (κ3) is 3.84. The minimum atomic E-state index is 0.0312. The van der Waals surface area contributed by atoms with Crippen LogP contribution in [-0.4, -0.2) is 42.1 Å². The number of H-pyrrole nitrogens is 1. The van der Waals surface area contributed by atoms with Crippen molar-refractivity contribution in [2.45, 2.75) is 25.7 Å². The zero-order valence-corrected chi connectivity index (χ0v) is 16.2. The molecule has 2 heterocycles. The lowest BCUT2D eigenvalue weighted by molar-refractivity contribution is -0.134. The molecule has 146 valence electrons. The van der Waals surface area contributed by atoms with Crippen molar-refractivity contribution in [1.82, 2.24) is 9.88 Å². The molecule has 1 N–H and O–H groups in total. The van der Waals surface area contributed by atoms with E-state index in [4.69, 9.17) is 9.47 Å². The van der Waals surface area contributed by atoms with Gasteiger partial charge in [-0.3, -0.25) is 4.79 Å². The average Bonchev–Trinajstić information content (AvgIpc) is 3.17. The molecule has 2 aromatic carbocycles. The first-order chi connectivity index (χ1) is 13.8. The quantitative estimate of drug-likeness (QED) is 0.694. The third-order valence-corrected chi connectivity index (χ3v) is 5.41. The summed E-state index contributed by atoms with van der Waals surface area (Å²) in [6.07, 6.45) is 4.08. The van der Waals surface area contributed by atoms with Crippen LogP contribution in [0.2, 0.25) is 0 Å². The number of amides is 1. The molecule has 5 heteroatoms. The first kappa shape index (κ1) is 18.4. The van der Waals surface area contributed by atoms with Gasteiger partial charge in [-0.1, -0.05) is 30.3 Å². The number of carbonyl (C=O) groups excluding carboxylic acids is 1. The maximum atomic E-state index is 12.6. The topological polar surface area (TPSA) is 54.6 Å². The van der Waals surface area contributed by atoms with Gasteiger partial charge in [-0.25, -0.2) is 0 Å². The molecule has 0 bridgehead atoms. The van der Waals surface area contributed by atoms with E-state index in [1.54, 1.807) is 0 Å². The van der Waals surface area contributed by atoms with Crippen molar-refractivity contribution in [1.29, 1.82) is 0 Å². The molecule has 0 atom stereocenters. The minimum absolute atomic E-state index is 0.0312. The Morgan fingerprint density at radius 2 is 1.71 bits per heavy atom. The first-order valence-corrected chi connectivity index (χ1v) is 9.94. The van der Waals surface area contributed by atoms with Gasteiger partial charge in [0.05, 0.1) is 6.61 Å². The molecule has 1 aliphatic heterocycles. The Morgan fingerprint density at radius 1 is 1.04 bits per heavy atom. The van der Waals surface area contributed by atoms with Crippen LogP contribution in [0.15, 0.2) is 54.7 Å². The van der Waals surface area contributed by atoms with Crippen molar-refractivity contribution >= 4 is 16.8 Å². The van der Waals surface area contributed by atoms with E-state index in [0.29, 0.717) is 24.0 Å². The van der Waals surface area contributed by atoms with Gasteiger partial charge in [0.2, 0.25) is 0 Å². The standard InChI is InChI=1S/C23H26N2O3/c1-2-27-21-9-5-6-10-22(21)28-16-23(26)25-13-11-17(12-14-25)19-15-24-20-8-4-3-7-18(19)20/h3-10,15,17,24H,2,11-14,16H2,1H3. The van der Waals surface area contributed by atoms with Crippen LogP contribution >= 0.6 is 0 Å². The predicted octanol–water partition coefficient (Wildman–Crippen LogP) is 4.35. The highest BCUT2D eigenvalue weighted by Crippen LogP contribution is 2.33. The normalized spacial score (nSPS) is 15.0. The highest BCUT2D eigenvalue weighted by molar-refractivity contribution is 5.83. The number of hydrogen-bond acceptors (Lipinski definition) is 3. The third-order valence-electron chi connectivity index (χ3n) is 5.41. The number of ether oxygens (including phenoxy) is 2. The molecule has 1 amide bonds. The molecular formula is C23H26N2O3. The molecule has 0 unspecified atom stereocenters. The number of hydrogen-bond donors (Lipinski definition) is 1. The maximum absolute atomic E-state index is 12.6. The maximum Gasteiger partial charge on any atom is 0.260 e. The van der Waals surface area contributed by atoms with E-state index < -0.39 is 0 Å². The molecule has 1 fully saturated rings. The lowest BCUT2D eigenvalue weighted by Gasteiger charge is -2.32. The van der Waals surface area contributed by atoms with Crippen molar-refractivity contribution in [3.63, 3.8) is 0 Å². The number of carbonyl (C=O) groups is 1. The van der Waals surface area contributed by atoms with E-state index >= 15 is 0 Å². The summed E-state index contributed by atoms with van der Waals surface area (Å²) in [5.74, 6) is 1.81. The van der Waals surface area contributed by atoms with Gasteiger partial charge in [-0.2, -0.15) is 0 Å². The largest absolute Gasteiger partial charge is 0.490 e. The van der Waals surface area contributed by atoms with Crippen LogP contribution in [0.5, 0.6) is 11.5 Å². The van der Waals surface area contributed by atoms with E-state index in [1.165, 1.54) is 16.5 Å². The molecule has 0 saturated carbocycles. The van der Waals surface area contributed by atoms with Gasteiger partial charge < -0.3 is 19.4 Å². The fraction of sp³-hybridized carbons (Fsp3) is 0.348. The minimum Gasteiger partial charge on any atom is -0.490 e. The van der Waals surface area contributed by atoms with Gasteiger partial charge in [0, 0.05) is 30.2 Å². The van der Waals surface area contributed by atoms with E-state index in [0.717, 1.165) is 25.9 Å². The van der Waals surface area contributed by atoms with Crippen LogP contribution in [0.1, 0.15) is 31.2 Å². The summed E-state index contributed by atoms with van der Waals surface area (Å²) in [4.78, 5) is 17.9. The number of nitrogens with one attached hydrogen (secondary N) is 1. The van der Waals surface area contributed by atoms with E-state index in [1.807, 2.05) is 42.2 Å². The summed E-state index contributed by atoms with van der Waals surface area (Å²) in [5.41, 5.74) is 2.54. The molecule has 1 aliphatic rings. The summed E-state index contributed by atoms with van der Waals surface area (Å²) in [7, 11) is 0. The fourth-order valence-corrected chi connectivity index (χ4v) is 3.95. The second kappa shape index (κ2) is 8.38. The van der Waals surface area contributed by atoms with Crippen LogP contribution in [-0.2, 0) is 4.79 Å². The molecule has 0 spiro atoms. The number of likely N-dealkylation sites (tertiary alicyclic amines) is 1. The molecule has 1 saturated heterocycles. The van der Waals surface area contributed by atoms with Crippen molar-refractivity contribution < 1.29 is 14.3 Å². The number of aromatic nitrogens is 1. The number of fused-ring (bicyclic) bond motifs is 1. The molecule has 4 rings (SSSR count). The zero-order chi connectivity index (χ0) is 19.3. The van der Waals surface area contributed by atoms with Crippen molar-refractivity contribution in [2.24, 2.45) is 0 Å². The highest BCUT2D eigenvalue weighted by atomic mass is 16.5. The summed E-state index contributed by atoms with van der Waals surface area (Å²) >= 11 is 0. The lowest BCUT2D eigenvalue weighted by Crippen LogP contribution is -2.40. The van der Waals surface area contributed by atoms with Crippen LogP contribution in [0.3, 0.4) is 0 Å². The van der Waals surface area contributed by atoms with Crippen LogP contribution in [0.25, 0.3) is 10.9 Å². The van der Waals surface area contributed by atoms with E-state index in [9.17, 15) is 4.79 Å². The highest BCUT2D eigenvalue weighted by Gasteiger charge is 2.25. The lowest BCUT2D eigenvalue weighted by atomic mass is 9.89. The molecular weight excluding hydrogens is 352 g/mol. The Kier molecular flexibility index (Phi) is 5.51. The van der Waals surface area contributed by atoms with Crippen LogP contribution in [0.4, 0.5) is 0 Å². The number of aromatic amines is 1. The van der Waals surface area contributed by atoms with Gasteiger partial charge >= 0.3 is 0 Å². The van der Waals surface area contributed by atoms with Gasteiger partial charge in [-0.15, -0.1) is 0 Å². The van der Waals surface area contributed by atoms with Gasteiger partial charge in [0.25, 0.3) is 5.91 Å². The molecule has 0 radical (unpaired) electrons. The Bertz CT molecular complexity index is 942. The molecule has 28 heavy (non-hydrogen) atoms. The summed E-state index contributed by atoms with van der Waals surface area (Å²) in [6.45, 7) is 4.07. The van der Waals surface area contributed by atoms with Gasteiger partial charge in [0.1, 0.15) is 0 Å². The number of para-hydroxylation sites is 3. The Labute approximate surface area is 165 Å². The summed E-state index contributed by atoms with van der Waals surface area (Å²) in [5, 5.41) is 1.29. The zero-order valence-electron chi connectivity index (χ0n) is 16.2. The second-order valence-corrected chi connectivity index (χ2v) is 7.11. The predicted molar refractivity (Wildman–Crippen MR) is 110 cm³/mol. The second-order valence-electron chi connectivity index (χ2n) is 7.11. The average molecular weight is 378 g/mol. The number of benzene rings is 2. The van der Waals surface area contributed by atoms with Crippen molar-refractivity contribution in [3.05, 3.63) is 60.3 Å². The Balaban J connectivity index is 1.33. The van der Waals surface area contributed by atoms with Crippen molar-refractivity contribution in [2.75, 3.05) is 26.3 Å². The van der Waals surface area contributed by atoms with Crippen molar-refractivity contribution in [3.8, 4) is 11.5 Å². The number of piperidine rings is 1. The van der Waals surface area contributed by atoms with E-state index in [-0.39, 0.29) is 12.5 Å².